The fraction of sp³-hybridized carbons (Fsp3) is 0.615. The number of aromatic amines is 1. The highest BCUT2D eigenvalue weighted by atomic mass is 16.7. The number of aliphatic hydroxyl groups is 6. The van der Waals surface area contributed by atoms with E-state index in [-0.39, 0.29) is 43.9 Å². The third kappa shape index (κ3) is 7.66. The molecule has 5 atom stereocenters. The molecule has 13 heteroatoms. The number of nitrogens with zero attached hydrogens (tertiary/aromatic N) is 1. The zero-order valence-electron chi connectivity index (χ0n) is 22.3. The van der Waals surface area contributed by atoms with E-state index in [1.807, 2.05) is 32.9 Å². The van der Waals surface area contributed by atoms with Gasteiger partial charge < -0.3 is 50.2 Å². The van der Waals surface area contributed by atoms with E-state index in [2.05, 4.69) is 15.5 Å². The van der Waals surface area contributed by atoms with E-state index in [0.29, 0.717) is 12.2 Å². The summed E-state index contributed by atoms with van der Waals surface area (Å²) in [6.07, 6.45) is -6.62. The molecule has 13 nitrogen and oxygen atoms in total. The normalized spacial score (nSPS) is 23.3. The number of nitrogens with one attached hydrogen (secondary N) is 2. The Kier molecular flexibility index (Phi) is 11.1. The Labute approximate surface area is 226 Å². The van der Waals surface area contributed by atoms with Crippen LogP contribution >= 0.6 is 0 Å². The van der Waals surface area contributed by atoms with Gasteiger partial charge in [-0.1, -0.05) is 19.9 Å². The first-order valence-corrected chi connectivity index (χ1v) is 12.9. The largest absolute Gasteiger partial charge is 0.493 e. The van der Waals surface area contributed by atoms with Gasteiger partial charge in [-0.25, -0.2) is 0 Å². The molecule has 0 saturated carbocycles. The van der Waals surface area contributed by atoms with Gasteiger partial charge >= 0.3 is 0 Å². The van der Waals surface area contributed by atoms with Crippen molar-refractivity contribution in [2.75, 3.05) is 26.4 Å². The lowest BCUT2D eigenvalue weighted by molar-refractivity contribution is -0.278. The number of benzene rings is 1. The second-order valence-corrected chi connectivity index (χ2v) is 9.88. The summed E-state index contributed by atoms with van der Waals surface area (Å²) in [5, 5.41) is 67.8. The first-order valence-electron chi connectivity index (χ1n) is 12.9. The maximum Gasteiger partial charge on any atom is 0.238 e. The topological polar surface area (TPSA) is 207 Å². The molecule has 0 spiro atoms. The van der Waals surface area contributed by atoms with Crippen LogP contribution in [0, 0.1) is 6.92 Å². The highest BCUT2D eigenvalue weighted by Crippen LogP contribution is 2.32. The highest BCUT2D eigenvalue weighted by molar-refractivity contribution is 5.76. The van der Waals surface area contributed by atoms with E-state index in [1.165, 1.54) is 0 Å². The van der Waals surface area contributed by atoms with Crippen LogP contribution in [0.25, 0.3) is 0 Å². The Morgan fingerprint density at radius 1 is 1.13 bits per heavy atom. The lowest BCUT2D eigenvalue weighted by Gasteiger charge is -2.39. The Hall–Kier alpha value is -2.78. The predicted molar refractivity (Wildman–Crippen MR) is 137 cm³/mol. The molecule has 1 aliphatic heterocycles. The summed E-state index contributed by atoms with van der Waals surface area (Å²) in [5.74, 6) is 0.450. The van der Waals surface area contributed by atoms with Crippen LogP contribution in [0.5, 0.6) is 11.6 Å². The molecule has 2 aromatic rings. The number of aliphatic hydroxyl groups excluding tert-OH is 6. The van der Waals surface area contributed by atoms with Crippen LogP contribution < -0.4 is 14.8 Å². The average molecular weight is 554 g/mol. The van der Waals surface area contributed by atoms with E-state index < -0.39 is 43.4 Å². The number of amides is 1. The minimum atomic E-state index is -1.57. The van der Waals surface area contributed by atoms with Crippen molar-refractivity contribution < 1.29 is 49.6 Å². The molecule has 1 fully saturated rings. The average Bonchev–Trinajstić information content (AvgIpc) is 3.31. The molecular weight excluding hydrogens is 514 g/mol. The first kappa shape index (κ1) is 30.8. The SMILES string of the molecule is Cc1cc(OCCC(=O)NC(CO)CO)ccc1Cc1c(O[C@@H]2O[C@H](CO)[C@@H](O)[C@H](O)[C@H]2O)n[nH]c1C(C)C. The molecule has 39 heavy (non-hydrogen) atoms. The summed E-state index contributed by atoms with van der Waals surface area (Å²) in [5.41, 5.74) is 3.38. The van der Waals surface area contributed by atoms with Crippen molar-refractivity contribution >= 4 is 5.91 Å². The van der Waals surface area contributed by atoms with Gasteiger partial charge in [0.1, 0.15) is 30.2 Å². The molecule has 1 amide bonds. The van der Waals surface area contributed by atoms with Gasteiger partial charge in [0.25, 0.3) is 0 Å². The van der Waals surface area contributed by atoms with Crippen LogP contribution in [0.4, 0.5) is 0 Å². The van der Waals surface area contributed by atoms with Crippen molar-refractivity contribution in [2.45, 2.75) is 76.3 Å². The minimum absolute atomic E-state index is 0.0583. The number of H-pyrrole nitrogens is 1. The van der Waals surface area contributed by atoms with Gasteiger partial charge in [-0.3, -0.25) is 9.89 Å². The van der Waals surface area contributed by atoms with Gasteiger partial charge in [-0.2, -0.15) is 0 Å². The fourth-order valence-electron chi connectivity index (χ4n) is 4.24. The van der Waals surface area contributed by atoms with Crippen molar-refractivity contribution in [1.29, 1.82) is 0 Å². The van der Waals surface area contributed by atoms with Gasteiger partial charge in [0.2, 0.25) is 18.1 Å². The second kappa shape index (κ2) is 14.0. The van der Waals surface area contributed by atoms with Gasteiger partial charge in [0.15, 0.2) is 0 Å². The standard InChI is InChI=1S/C26H39N3O10/c1-13(2)21-18(25(29-28-21)39-26-24(36)23(35)22(34)19(12-32)38-26)9-15-4-5-17(8-14(15)3)37-7-6-20(33)27-16(10-30)11-31/h4-5,8,13,16,19,22-24,26,30-32,34-36H,6-7,9-12H2,1-3H3,(H,27,33)(H,28,29)/t19-,22-,23+,24-,26+/m1/s1. The Balaban J connectivity index is 1.70. The van der Waals surface area contributed by atoms with Crippen LogP contribution in [-0.2, 0) is 16.0 Å². The number of aromatic nitrogens is 2. The van der Waals surface area contributed by atoms with Crippen molar-refractivity contribution in [3.8, 4) is 11.6 Å². The third-order valence-electron chi connectivity index (χ3n) is 6.60. The van der Waals surface area contributed by atoms with Crippen LogP contribution in [0.3, 0.4) is 0 Å². The van der Waals surface area contributed by atoms with Crippen molar-refractivity contribution in [3.05, 3.63) is 40.6 Å². The Morgan fingerprint density at radius 2 is 1.85 bits per heavy atom. The molecule has 0 bridgehead atoms. The van der Waals surface area contributed by atoms with Crippen molar-refractivity contribution in [1.82, 2.24) is 15.5 Å². The zero-order valence-corrected chi connectivity index (χ0v) is 22.3. The molecule has 0 radical (unpaired) electrons. The fourth-order valence-corrected chi connectivity index (χ4v) is 4.24. The maximum absolute atomic E-state index is 11.9. The summed E-state index contributed by atoms with van der Waals surface area (Å²) in [7, 11) is 0. The Morgan fingerprint density at radius 3 is 2.46 bits per heavy atom. The summed E-state index contributed by atoms with van der Waals surface area (Å²) >= 11 is 0. The highest BCUT2D eigenvalue weighted by Gasteiger charge is 2.45. The maximum atomic E-state index is 11.9. The van der Waals surface area contributed by atoms with E-state index in [4.69, 9.17) is 24.4 Å². The summed E-state index contributed by atoms with van der Waals surface area (Å²) in [6.45, 7) is 4.72. The quantitative estimate of drug-likeness (QED) is 0.149. The molecule has 2 heterocycles. The molecule has 0 unspecified atom stereocenters. The van der Waals surface area contributed by atoms with Crippen LogP contribution in [-0.4, -0.2) is 110 Å². The van der Waals surface area contributed by atoms with Gasteiger partial charge in [-0.15, -0.1) is 5.10 Å². The van der Waals surface area contributed by atoms with Crippen molar-refractivity contribution in [2.24, 2.45) is 0 Å². The van der Waals surface area contributed by atoms with E-state index in [1.54, 1.807) is 6.07 Å². The Bertz CT molecular complexity index is 1070. The number of aryl methyl sites for hydroxylation is 1. The van der Waals surface area contributed by atoms with E-state index >= 15 is 0 Å². The van der Waals surface area contributed by atoms with Crippen LogP contribution in [0.1, 0.15) is 48.6 Å². The van der Waals surface area contributed by atoms with E-state index in [0.717, 1.165) is 22.4 Å². The summed E-state index contributed by atoms with van der Waals surface area (Å²) in [6, 6.07) is 4.79. The van der Waals surface area contributed by atoms with Crippen molar-refractivity contribution in [3.63, 3.8) is 0 Å². The zero-order chi connectivity index (χ0) is 28.7. The molecule has 218 valence electrons. The number of hydrogen-bond acceptors (Lipinski definition) is 11. The summed E-state index contributed by atoms with van der Waals surface area (Å²) in [4.78, 5) is 11.9. The lowest BCUT2D eigenvalue weighted by atomic mass is 9.96. The molecule has 1 aromatic carbocycles. The van der Waals surface area contributed by atoms with Gasteiger partial charge in [0.05, 0.1) is 38.9 Å². The number of ether oxygens (including phenoxy) is 3. The smallest absolute Gasteiger partial charge is 0.238 e. The van der Waals surface area contributed by atoms with Gasteiger partial charge in [0, 0.05) is 17.7 Å². The number of carbonyl (C=O) groups is 1. The molecule has 1 aromatic heterocycles. The van der Waals surface area contributed by atoms with Crippen LogP contribution in [0.15, 0.2) is 18.2 Å². The monoisotopic (exact) mass is 553 g/mol. The molecule has 0 aliphatic carbocycles. The number of hydrogen-bond donors (Lipinski definition) is 8. The lowest BCUT2D eigenvalue weighted by Crippen LogP contribution is -2.60. The molecule has 1 saturated heterocycles. The number of carbonyl (C=O) groups excluding carboxylic acids is 1. The molecular formula is C26H39N3O10. The molecule has 8 N–H and O–H groups in total. The van der Waals surface area contributed by atoms with Gasteiger partial charge in [-0.05, 0) is 36.1 Å². The summed E-state index contributed by atoms with van der Waals surface area (Å²) < 4.78 is 17.0. The van der Waals surface area contributed by atoms with E-state index in [9.17, 15) is 25.2 Å². The molecule has 3 rings (SSSR count). The first-order chi connectivity index (χ1) is 18.6. The molecule has 1 aliphatic rings. The third-order valence-corrected chi connectivity index (χ3v) is 6.60. The minimum Gasteiger partial charge on any atom is -0.493 e. The predicted octanol–water partition coefficient (Wildman–Crippen LogP) is -1.15. The second-order valence-electron chi connectivity index (χ2n) is 9.88. The number of rotatable bonds is 13. The van der Waals surface area contributed by atoms with Crippen LogP contribution in [0.2, 0.25) is 0 Å².